The van der Waals surface area contributed by atoms with Crippen LogP contribution < -0.4 is 0 Å². The predicted molar refractivity (Wildman–Crippen MR) is 80.4 cm³/mol. The zero-order valence-electron chi connectivity index (χ0n) is 12.3. The Labute approximate surface area is 129 Å². The molecule has 1 aromatic heterocycles. The molecule has 0 aliphatic carbocycles. The molecule has 1 fully saturated rings. The summed E-state index contributed by atoms with van der Waals surface area (Å²) in [5.41, 5.74) is 1.02. The van der Waals surface area contributed by atoms with E-state index < -0.39 is 0 Å². The van der Waals surface area contributed by atoms with Crippen LogP contribution >= 0.6 is 0 Å². The molecule has 0 spiro atoms. The van der Waals surface area contributed by atoms with Crippen LogP contribution in [0.4, 0.5) is 4.39 Å². The van der Waals surface area contributed by atoms with Gasteiger partial charge in [-0.05, 0) is 24.3 Å². The van der Waals surface area contributed by atoms with Crippen LogP contribution in [0.25, 0.3) is 0 Å². The molecule has 3 rings (SSSR count). The van der Waals surface area contributed by atoms with E-state index in [0.717, 1.165) is 38.5 Å². The summed E-state index contributed by atoms with van der Waals surface area (Å²) in [4.78, 5) is 4.58. The number of benzene rings is 1. The highest BCUT2D eigenvalue weighted by atomic mass is 19.1. The van der Waals surface area contributed by atoms with Crippen molar-refractivity contribution in [3.8, 4) is 6.07 Å². The summed E-state index contributed by atoms with van der Waals surface area (Å²) < 4.78 is 19.3. The van der Waals surface area contributed by atoms with E-state index in [0.29, 0.717) is 17.7 Å². The minimum atomic E-state index is -0.294. The van der Waals surface area contributed by atoms with Crippen LogP contribution in [0, 0.1) is 17.1 Å². The van der Waals surface area contributed by atoms with Gasteiger partial charge in [-0.25, -0.2) is 4.39 Å². The van der Waals surface area contributed by atoms with E-state index in [4.69, 9.17) is 9.68 Å². The van der Waals surface area contributed by atoms with E-state index in [1.54, 1.807) is 18.4 Å². The van der Waals surface area contributed by atoms with E-state index in [1.165, 1.54) is 6.07 Å². The maximum Gasteiger partial charge on any atom is 0.129 e. The average Bonchev–Trinajstić information content (AvgIpc) is 3.04. The first kappa shape index (κ1) is 14.8. The summed E-state index contributed by atoms with van der Waals surface area (Å²) in [6.07, 6.45) is 1.69. The van der Waals surface area contributed by atoms with Crippen LogP contribution in [0.2, 0.25) is 0 Å². The van der Waals surface area contributed by atoms with Gasteiger partial charge in [0.2, 0.25) is 0 Å². The van der Waals surface area contributed by atoms with Gasteiger partial charge in [0.05, 0.1) is 24.4 Å². The quantitative estimate of drug-likeness (QED) is 0.870. The zero-order chi connectivity index (χ0) is 15.4. The molecule has 0 radical (unpaired) electrons. The Bertz CT molecular complexity index is 655. The second-order valence-electron chi connectivity index (χ2n) is 5.55. The van der Waals surface area contributed by atoms with Gasteiger partial charge in [0.1, 0.15) is 11.6 Å². The molecule has 22 heavy (non-hydrogen) atoms. The lowest BCUT2D eigenvalue weighted by molar-refractivity contribution is 0.115. The second kappa shape index (κ2) is 6.73. The van der Waals surface area contributed by atoms with Gasteiger partial charge >= 0.3 is 0 Å². The highest BCUT2D eigenvalue weighted by Gasteiger charge is 2.18. The van der Waals surface area contributed by atoms with Crippen molar-refractivity contribution in [1.29, 1.82) is 5.26 Å². The minimum Gasteiger partial charge on any atom is -0.468 e. The van der Waals surface area contributed by atoms with Gasteiger partial charge in [-0.3, -0.25) is 9.80 Å². The van der Waals surface area contributed by atoms with E-state index in [-0.39, 0.29) is 5.82 Å². The Kier molecular flexibility index (Phi) is 4.52. The molecule has 114 valence electrons. The van der Waals surface area contributed by atoms with Gasteiger partial charge < -0.3 is 4.42 Å². The van der Waals surface area contributed by atoms with Crippen LogP contribution in [0.3, 0.4) is 0 Å². The van der Waals surface area contributed by atoms with E-state index >= 15 is 0 Å². The van der Waals surface area contributed by atoms with Gasteiger partial charge in [0.25, 0.3) is 0 Å². The second-order valence-corrected chi connectivity index (χ2v) is 5.55. The Hall–Kier alpha value is -2.16. The van der Waals surface area contributed by atoms with Crippen molar-refractivity contribution in [1.82, 2.24) is 9.80 Å². The number of hydrogen-bond acceptors (Lipinski definition) is 4. The first-order valence-corrected chi connectivity index (χ1v) is 7.40. The Morgan fingerprint density at radius 3 is 2.41 bits per heavy atom. The fraction of sp³-hybridized carbons (Fsp3) is 0.353. The number of piperazine rings is 1. The Morgan fingerprint density at radius 1 is 1.09 bits per heavy atom. The normalized spacial score (nSPS) is 16.5. The van der Waals surface area contributed by atoms with Crippen LogP contribution in [-0.4, -0.2) is 36.0 Å². The van der Waals surface area contributed by atoms with Gasteiger partial charge in [-0.1, -0.05) is 6.07 Å². The molecule has 1 saturated heterocycles. The molecule has 0 saturated carbocycles. The maximum atomic E-state index is 13.9. The third-order valence-electron chi connectivity index (χ3n) is 4.00. The van der Waals surface area contributed by atoms with Gasteiger partial charge in [-0.2, -0.15) is 5.26 Å². The van der Waals surface area contributed by atoms with Gasteiger partial charge in [-0.15, -0.1) is 0 Å². The molecule has 1 aromatic carbocycles. The molecule has 4 nitrogen and oxygen atoms in total. The van der Waals surface area contributed by atoms with Crippen molar-refractivity contribution < 1.29 is 8.81 Å². The molecular weight excluding hydrogens is 281 g/mol. The zero-order valence-corrected chi connectivity index (χ0v) is 12.3. The summed E-state index contributed by atoms with van der Waals surface area (Å²) >= 11 is 0. The standard InChI is InChI=1S/C17H18FN3O/c18-17-10-14(11-19)3-4-15(17)12-20-5-7-21(8-6-20)13-16-2-1-9-22-16/h1-4,9-10H,5-8,12-13H2. The number of rotatable bonds is 4. The maximum absolute atomic E-state index is 13.9. The van der Waals surface area contributed by atoms with Gasteiger partial charge in [0, 0.05) is 38.3 Å². The first-order valence-electron chi connectivity index (χ1n) is 7.40. The SMILES string of the molecule is N#Cc1ccc(CN2CCN(Cc3ccco3)CC2)c(F)c1. The Morgan fingerprint density at radius 2 is 1.82 bits per heavy atom. The van der Waals surface area contributed by atoms with Crippen LogP contribution in [0.15, 0.2) is 41.0 Å². The lowest BCUT2D eigenvalue weighted by atomic mass is 10.1. The Balaban J connectivity index is 1.52. The van der Waals surface area contributed by atoms with Crippen molar-refractivity contribution in [2.24, 2.45) is 0 Å². The molecule has 0 amide bonds. The molecule has 0 atom stereocenters. The van der Waals surface area contributed by atoms with Crippen LogP contribution in [-0.2, 0) is 13.1 Å². The summed E-state index contributed by atoms with van der Waals surface area (Å²) in [7, 11) is 0. The third-order valence-corrected chi connectivity index (χ3v) is 4.00. The molecule has 2 aromatic rings. The third kappa shape index (κ3) is 3.53. The van der Waals surface area contributed by atoms with Crippen LogP contribution in [0.5, 0.6) is 0 Å². The summed E-state index contributed by atoms with van der Waals surface area (Å²) in [5, 5.41) is 8.77. The first-order chi connectivity index (χ1) is 10.7. The smallest absolute Gasteiger partial charge is 0.129 e. The summed E-state index contributed by atoms with van der Waals surface area (Å²) in [6, 6.07) is 10.5. The lowest BCUT2D eigenvalue weighted by Crippen LogP contribution is -2.45. The molecule has 2 heterocycles. The number of halogens is 1. The molecule has 1 aliphatic rings. The molecule has 0 bridgehead atoms. The minimum absolute atomic E-state index is 0.294. The van der Waals surface area contributed by atoms with Gasteiger partial charge in [0.15, 0.2) is 0 Å². The summed E-state index contributed by atoms with van der Waals surface area (Å²) in [6.45, 7) is 5.11. The van der Waals surface area contributed by atoms with Crippen molar-refractivity contribution >= 4 is 0 Å². The van der Waals surface area contributed by atoms with E-state index in [9.17, 15) is 4.39 Å². The molecule has 0 unspecified atom stereocenters. The molecule has 5 heteroatoms. The lowest BCUT2D eigenvalue weighted by Gasteiger charge is -2.34. The number of hydrogen-bond donors (Lipinski definition) is 0. The van der Waals surface area contributed by atoms with Crippen molar-refractivity contribution in [3.63, 3.8) is 0 Å². The largest absolute Gasteiger partial charge is 0.468 e. The van der Waals surface area contributed by atoms with Crippen molar-refractivity contribution in [2.75, 3.05) is 26.2 Å². The average molecular weight is 299 g/mol. The topological polar surface area (TPSA) is 43.4 Å². The highest BCUT2D eigenvalue weighted by Crippen LogP contribution is 2.15. The fourth-order valence-electron chi connectivity index (χ4n) is 2.71. The monoisotopic (exact) mass is 299 g/mol. The van der Waals surface area contributed by atoms with Crippen molar-refractivity contribution in [2.45, 2.75) is 13.1 Å². The number of nitrogens with zero attached hydrogens (tertiary/aromatic N) is 3. The number of nitriles is 1. The van der Waals surface area contributed by atoms with E-state index in [2.05, 4.69) is 9.80 Å². The fourth-order valence-corrected chi connectivity index (χ4v) is 2.71. The van der Waals surface area contributed by atoms with E-state index in [1.807, 2.05) is 18.2 Å². The number of furan rings is 1. The van der Waals surface area contributed by atoms with Crippen molar-refractivity contribution in [3.05, 3.63) is 59.3 Å². The summed E-state index contributed by atoms with van der Waals surface area (Å²) in [5.74, 6) is 0.684. The molecule has 0 N–H and O–H groups in total. The predicted octanol–water partition coefficient (Wildman–Crippen LogP) is 2.61. The molecular formula is C17H18FN3O. The molecule has 1 aliphatic heterocycles. The van der Waals surface area contributed by atoms with Crippen LogP contribution in [0.1, 0.15) is 16.9 Å². The highest BCUT2D eigenvalue weighted by molar-refractivity contribution is 5.32.